The Morgan fingerprint density at radius 3 is 2.48 bits per heavy atom. The molecule has 166 valence electrons. The van der Waals surface area contributed by atoms with Gasteiger partial charge in [-0.25, -0.2) is 4.79 Å². The monoisotopic (exact) mass is 486 g/mol. The molecular formula is C20H20Cl2N2O6S. The maximum absolute atomic E-state index is 12.5. The van der Waals surface area contributed by atoms with Gasteiger partial charge in [-0.15, -0.1) is 0 Å². The zero-order valence-electron chi connectivity index (χ0n) is 16.5. The van der Waals surface area contributed by atoms with Crippen LogP contribution >= 0.6 is 35.0 Å². The van der Waals surface area contributed by atoms with E-state index in [1.165, 1.54) is 30.0 Å². The lowest BCUT2D eigenvalue weighted by molar-refractivity contribution is -0.384. The molecule has 31 heavy (non-hydrogen) atoms. The van der Waals surface area contributed by atoms with Gasteiger partial charge in [0.1, 0.15) is 19.3 Å². The molecule has 0 fully saturated rings. The molecule has 2 aromatic rings. The molecule has 0 spiro atoms. The van der Waals surface area contributed by atoms with Gasteiger partial charge in [0.25, 0.3) is 11.6 Å². The predicted octanol–water partition coefficient (Wildman–Crippen LogP) is 4.38. The van der Waals surface area contributed by atoms with Crippen molar-refractivity contribution in [2.45, 2.75) is 12.5 Å². The number of halogens is 2. The highest BCUT2D eigenvalue weighted by molar-refractivity contribution is 7.98. The minimum absolute atomic E-state index is 0.0171. The van der Waals surface area contributed by atoms with Crippen molar-refractivity contribution in [2.24, 2.45) is 0 Å². The molecule has 0 heterocycles. The number of carbonyl (C=O) groups is 2. The lowest BCUT2D eigenvalue weighted by Gasteiger charge is -2.18. The number of carbonyl (C=O) groups excluding carboxylic acids is 2. The molecule has 1 amide bonds. The highest BCUT2D eigenvalue weighted by Crippen LogP contribution is 2.32. The molecule has 8 nitrogen and oxygen atoms in total. The molecule has 0 aromatic heterocycles. The third-order valence-corrected chi connectivity index (χ3v) is 5.25. The van der Waals surface area contributed by atoms with E-state index in [4.69, 9.17) is 32.7 Å². The number of nitrogens with zero attached hydrogens (tertiary/aromatic N) is 1. The maximum Gasteiger partial charge on any atom is 0.328 e. The Kier molecular flexibility index (Phi) is 9.90. The van der Waals surface area contributed by atoms with Gasteiger partial charge < -0.3 is 14.8 Å². The maximum atomic E-state index is 12.5. The van der Waals surface area contributed by atoms with E-state index in [0.29, 0.717) is 28.0 Å². The van der Waals surface area contributed by atoms with Crippen LogP contribution in [0.2, 0.25) is 10.0 Å². The van der Waals surface area contributed by atoms with E-state index >= 15 is 0 Å². The van der Waals surface area contributed by atoms with Crippen LogP contribution in [-0.2, 0) is 9.53 Å². The van der Waals surface area contributed by atoms with Crippen LogP contribution in [0.4, 0.5) is 5.69 Å². The molecule has 0 radical (unpaired) electrons. The largest absolute Gasteiger partial charge is 0.487 e. The zero-order chi connectivity index (χ0) is 22.8. The van der Waals surface area contributed by atoms with Crippen molar-refractivity contribution >= 4 is 52.5 Å². The van der Waals surface area contributed by atoms with E-state index in [9.17, 15) is 19.7 Å². The zero-order valence-corrected chi connectivity index (χ0v) is 18.8. The van der Waals surface area contributed by atoms with Gasteiger partial charge in [0.15, 0.2) is 5.75 Å². The third kappa shape index (κ3) is 7.61. The van der Waals surface area contributed by atoms with E-state index in [-0.39, 0.29) is 24.5 Å². The molecular weight excluding hydrogens is 467 g/mol. The number of thioether (sulfide) groups is 1. The number of esters is 1. The second-order valence-electron chi connectivity index (χ2n) is 6.18. The van der Waals surface area contributed by atoms with Crippen molar-refractivity contribution in [2.75, 3.05) is 25.2 Å². The van der Waals surface area contributed by atoms with Crippen molar-refractivity contribution in [3.05, 3.63) is 68.2 Å². The van der Waals surface area contributed by atoms with Crippen LogP contribution in [0, 0.1) is 10.1 Å². The third-order valence-electron chi connectivity index (χ3n) is 4.01. The van der Waals surface area contributed by atoms with Gasteiger partial charge in [-0.3, -0.25) is 14.9 Å². The fraction of sp³-hybridized carbons (Fsp3) is 0.300. The van der Waals surface area contributed by atoms with Crippen LogP contribution in [0.15, 0.2) is 42.5 Å². The summed E-state index contributed by atoms with van der Waals surface area (Å²) in [6.45, 7) is -0.0634. The fourth-order valence-corrected chi connectivity index (χ4v) is 3.47. The highest BCUT2D eigenvalue weighted by Gasteiger charge is 2.23. The number of non-ortho nitro benzene ring substituents is 1. The van der Waals surface area contributed by atoms with Crippen LogP contribution in [0.25, 0.3) is 0 Å². The topological polar surface area (TPSA) is 108 Å². The molecule has 0 saturated carbocycles. The molecule has 2 aromatic carbocycles. The Bertz CT molecular complexity index is 923. The van der Waals surface area contributed by atoms with Crippen LogP contribution in [0.1, 0.15) is 16.8 Å². The minimum atomic E-state index is -0.914. The summed E-state index contributed by atoms with van der Waals surface area (Å²) in [5.41, 5.74) is -0.140. The van der Waals surface area contributed by atoms with Gasteiger partial charge in [-0.2, -0.15) is 11.8 Å². The first-order valence-corrected chi connectivity index (χ1v) is 11.3. The Morgan fingerprint density at radius 2 is 1.84 bits per heavy atom. The molecule has 0 aliphatic rings. The minimum Gasteiger partial charge on any atom is -0.487 e. The predicted molar refractivity (Wildman–Crippen MR) is 120 cm³/mol. The number of benzene rings is 2. The van der Waals surface area contributed by atoms with Crippen molar-refractivity contribution in [1.29, 1.82) is 0 Å². The van der Waals surface area contributed by atoms with E-state index in [1.807, 2.05) is 6.26 Å². The summed E-state index contributed by atoms with van der Waals surface area (Å²) in [5, 5.41) is 14.2. The second-order valence-corrected chi connectivity index (χ2v) is 7.98. The number of ether oxygens (including phenoxy) is 2. The first kappa shape index (κ1) is 24.8. The normalized spacial score (nSPS) is 11.5. The van der Waals surface area contributed by atoms with Crippen LogP contribution in [-0.4, -0.2) is 48.1 Å². The van der Waals surface area contributed by atoms with Gasteiger partial charge in [-0.05, 0) is 36.6 Å². The summed E-state index contributed by atoms with van der Waals surface area (Å²) in [6.07, 6.45) is 2.20. The SMILES string of the molecule is CSCCC(NC(=O)c1cccc([N+](=O)[O-])c1)C(=O)OCCOc1c(Cl)cccc1Cl. The number of rotatable bonds is 11. The molecule has 0 bridgehead atoms. The second kappa shape index (κ2) is 12.4. The molecule has 11 heteroatoms. The summed E-state index contributed by atoms with van der Waals surface area (Å²) < 4.78 is 10.7. The number of nitro groups is 1. The first-order valence-electron chi connectivity index (χ1n) is 9.11. The Balaban J connectivity index is 1.94. The van der Waals surface area contributed by atoms with Crippen LogP contribution in [0.3, 0.4) is 0 Å². The van der Waals surface area contributed by atoms with Gasteiger partial charge in [0, 0.05) is 17.7 Å². The molecule has 1 N–H and O–H groups in total. The Morgan fingerprint density at radius 1 is 1.16 bits per heavy atom. The van der Waals surface area contributed by atoms with Crippen molar-refractivity contribution in [3.63, 3.8) is 0 Å². The summed E-state index contributed by atoms with van der Waals surface area (Å²) in [5.74, 6) is -0.354. The number of amides is 1. The lowest BCUT2D eigenvalue weighted by Crippen LogP contribution is -2.42. The van der Waals surface area contributed by atoms with Crippen molar-refractivity contribution < 1.29 is 24.0 Å². The summed E-state index contributed by atoms with van der Waals surface area (Å²) in [4.78, 5) is 35.3. The van der Waals surface area contributed by atoms with Gasteiger partial charge in [0.2, 0.25) is 0 Å². The average Bonchev–Trinajstić information content (AvgIpc) is 2.75. The average molecular weight is 487 g/mol. The van der Waals surface area contributed by atoms with E-state index < -0.39 is 22.8 Å². The number of nitro benzene ring substituents is 1. The standard InChI is InChI=1S/C20H20Cl2N2O6S/c1-31-11-8-17(23-19(25)13-4-2-5-14(12-13)24(27)28)20(26)30-10-9-29-18-15(21)6-3-7-16(18)22/h2-7,12,17H,8-11H2,1H3,(H,23,25). The molecule has 1 unspecified atom stereocenters. The molecule has 0 aliphatic carbocycles. The highest BCUT2D eigenvalue weighted by atomic mass is 35.5. The molecule has 0 aliphatic heterocycles. The Labute approximate surface area is 193 Å². The van der Waals surface area contributed by atoms with Crippen LogP contribution in [0.5, 0.6) is 5.75 Å². The van der Waals surface area contributed by atoms with Crippen LogP contribution < -0.4 is 10.1 Å². The number of para-hydroxylation sites is 1. The van der Waals surface area contributed by atoms with Crippen molar-refractivity contribution in [1.82, 2.24) is 5.32 Å². The summed E-state index contributed by atoms with van der Waals surface area (Å²) >= 11 is 13.5. The van der Waals surface area contributed by atoms with E-state index in [0.717, 1.165) is 6.07 Å². The molecule has 1 atom stereocenters. The summed E-state index contributed by atoms with van der Waals surface area (Å²) in [6, 6.07) is 9.27. The number of hydrogen-bond donors (Lipinski definition) is 1. The van der Waals surface area contributed by atoms with Gasteiger partial charge in [0.05, 0.1) is 15.0 Å². The van der Waals surface area contributed by atoms with Crippen molar-refractivity contribution in [3.8, 4) is 5.75 Å². The first-order chi connectivity index (χ1) is 14.8. The Hall–Kier alpha value is -2.49. The quantitative estimate of drug-likeness (QED) is 0.217. The van der Waals surface area contributed by atoms with Gasteiger partial charge >= 0.3 is 5.97 Å². The van der Waals surface area contributed by atoms with E-state index in [1.54, 1.807) is 18.2 Å². The lowest BCUT2D eigenvalue weighted by atomic mass is 10.1. The molecule has 2 rings (SSSR count). The summed E-state index contributed by atoms with van der Waals surface area (Å²) in [7, 11) is 0. The molecule has 0 saturated heterocycles. The van der Waals surface area contributed by atoms with E-state index in [2.05, 4.69) is 5.32 Å². The number of nitrogens with one attached hydrogen (secondary N) is 1. The fourth-order valence-electron chi connectivity index (χ4n) is 2.49. The van der Waals surface area contributed by atoms with Gasteiger partial charge in [-0.1, -0.05) is 35.3 Å². The number of hydrogen-bond acceptors (Lipinski definition) is 7. The smallest absolute Gasteiger partial charge is 0.328 e.